The van der Waals surface area contributed by atoms with Crippen molar-refractivity contribution in [2.24, 2.45) is 5.73 Å². The van der Waals surface area contributed by atoms with Gasteiger partial charge in [-0.2, -0.15) is 0 Å². The summed E-state index contributed by atoms with van der Waals surface area (Å²) in [6, 6.07) is 10.8. The Hall–Kier alpha value is -2.24. The molecule has 5 nitrogen and oxygen atoms in total. The number of amides is 3. The lowest BCUT2D eigenvalue weighted by Gasteiger charge is -2.26. The van der Waals surface area contributed by atoms with Crippen LogP contribution in [-0.4, -0.2) is 23.9 Å². The van der Waals surface area contributed by atoms with Gasteiger partial charge < -0.3 is 16.0 Å². The van der Waals surface area contributed by atoms with Crippen LogP contribution in [0.1, 0.15) is 28.9 Å². The van der Waals surface area contributed by atoms with Crippen molar-refractivity contribution in [2.45, 2.75) is 13.0 Å². The van der Waals surface area contributed by atoms with E-state index in [9.17, 15) is 9.59 Å². The minimum atomic E-state index is -0.655. The number of nitrogens with zero attached hydrogens (tertiary/aromatic N) is 1. The third-order valence-corrected chi connectivity index (χ3v) is 4.28. The highest BCUT2D eigenvalue weighted by Crippen LogP contribution is 2.29. The second-order valence-corrected chi connectivity index (χ2v) is 6.17. The fraction of sp³-hybridized carbons (Fsp3) is 0.176. The fourth-order valence-electron chi connectivity index (χ4n) is 2.27. The molecule has 0 bridgehead atoms. The predicted molar refractivity (Wildman–Crippen MR) is 96.6 cm³/mol. The third-order valence-electron chi connectivity index (χ3n) is 3.71. The Morgan fingerprint density at radius 1 is 1.12 bits per heavy atom. The molecular formula is C17H17Cl2N3O2. The maximum absolute atomic E-state index is 12.6. The van der Waals surface area contributed by atoms with Gasteiger partial charge in [0.25, 0.3) is 5.91 Å². The van der Waals surface area contributed by atoms with Crippen LogP contribution in [0.3, 0.4) is 0 Å². The Bertz CT molecular complexity index is 763. The molecule has 0 aliphatic carbocycles. The number of hydrogen-bond donors (Lipinski definition) is 2. The monoisotopic (exact) mass is 365 g/mol. The molecule has 0 heterocycles. The van der Waals surface area contributed by atoms with E-state index < -0.39 is 6.03 Å². The molecule has 0 unspecified atom stereocenters. The predicted octanol–water partition coefficient (Wildman–Crippen LogP) is 4.32. The van der Waals surface area contributed by atoms with Crippen LogP contribution in [0.5, 0.6) is 0 Å². The molecule has 126 valence electrons. The van der Waals surface area contributed by atoms with E-state index in [0.29, 0.717) is 21.3 Å². The molecule has 0 fully saturated rings. The van der Waals surface area contributed by atoms with E-state index in [1.165, 1.54) is 0 Å². The minimum absolute atomic E-state index is 0.167. The van der Waals surface area contributed by atoms with E-state index in [1.54, 1.807) is 54.4 Å². The maximum atomic E-state index is 12.6. The Balaban J connectivity index is 2.17. The number of urea groups is 1. The number of anilines is 1. The summed E-state index contributed by atoms with van der Waals surface area (Å²) in [5, 5.41) is 3.50. The second kappa shape index (κ2) is 7.55. The van der Waals surface area contributed by atoms with E-state index in [0.717, 1.165) is 5.56 Å². The summed E-state index contributed by atoms with van der Waals surface area (Å²) in [5.41, 5.74) is 6.88. The molecule has 0 aliphatic rings. The molecule has 0 aliphatic heterocycles. The van der Waals surface area contributed by atoms with E-state index in [4.69, 9.17) is 28.9 Å². The molecule has 0 radical (unpaired) electrons. The van der Waals surface area contributed by atoms with E-state index in [1.807, 2.05) is 6.92 Å². The zero-order valence-electron chi connectivity index (χ0n) is 13.2. The van der Waals surface area contributed by atoms with Gasteiger partial charge >= 0.3 is 6.03 Å². The largest absolute Gasteiger partial charge is 0.351 e. The van der Waals surface area contributed by atoms with Gasteiger partial charge in [0.05, 0.1) is 6.04 Å². The molecule has 0 saturated heterocycles. The topological polar surface area (TPSA) is 75.4 Å². The summed E-state index contributed by atoms with van der Waals surface area (Å²) in [6.07, 6.45) is 0. The molecule has 0 saturated carbocycles. The first-order chi connectivity index (χ1) is 11.3. The molecule has 3 N–H and O–H groups in total. The summed E-state index contributed by atoms with van der Waals surface area (Å²) in [5.74, 6) is -0.167. The normalized spacial score (nSPS) is 11.7. The molecule has 2 aromatic rings. The summed E-state index contributed by atoms with van der Waals surface area (Å²) in [4.78, 5) is 25.0. The van der Waals surface area contributed by atoms with Crippen molar-refractivity contribution in [3.8, 4) is 0 Å². The Morgan fingerprint density at radius 3 is 2.29 bits per heavy atom. The molecule has 3 amide bonds. The lowest BCUT2D eigenvalue weighted by Crippen LogP contribution is -2.29. The highest BCUT2D eigenvalue weighted by molar-refractivity contribution is 6.35. The molecule has 0 aromatic heterocycles. The van der Waals surface area contributed by atoms with E-state index in [-0.39, 0.29) is 11.9 Å². The van der Waals surface area contributed by atoms with Crippen molar-refractivity contribution >= 4 is 40.8 Å². The maximum Gasteiger partial charge on any atom is 0.316 e. The van der Waals surface area contributed by atoms with E-state index in [2.05, 4.69) is 5.32 Å². The number of carbonyl (C=O) groups excluding carboxylic acids is 2. The van der Waals surface area contributed by atoms with Crippen LogP contribution in [0.2, 0.25) is 10.0 Å². The van der Waals surface area contributed by atoms with Crippen molar-refractivity contribution < 1.29 is 9.59 Å². The minimum Gasteiger partial charge on any atom is -0.351 e. The Morgan fingerprint density at radius 2 is 1.75 bits per heavy atom. The number of rotatable bonds is 4. The average Bonchev–Trinajstić information content (AvgIpc) is 2.53. The van der Waals surface area contributed by atoms with Crippen LogP contribution in [0.4, 0.5) is 10.5 Å². The zero-order valence-corrected chi connectivity index (χ0v) is 14.7. The Kier molecular flexibility index (Phi) is 5.70. The number of nitrogens with one attached hydrogen (secondary N) is 1. The third kappa shape index (κ3) is 4.19. The van der Waals surface area contributed by atoms with Crippen LogP contribution in [-0.2, 0) is 0 Å². The van der Waals surface area contributed by atoms with Crippen LogP contribution < -0.4 is 11.1 Å². The van der Waals surface area contributed by atoms with Crippen LogP contribution in [0, 0.1) is 0 Å². The average molecular weight is 366 g/mol. The molecule has 7 heteroatoms. The quantitative estimate of drug-likeness (QED) is 0.846. The number of halogens is 2. The van der Waals surface area contributed by atoms with Crippen LogP contribution >= 0.6 is 23.2 Å². The summed E-state index contributed by atoms with van der Waals surface area (Å²) in [7, 11) is 1.70. The van der Waals surface area contributed by atoms with Gasteiger partial charge in [-0.05, 0) is 48.9 Å². The number of benzene rings is 2. The first kappa shape index (κ1) is 18.1. The van der Waals surface area contributed by atoms with Crippen molar-refractivity contribution in [1.82, 2.24) is 4.90 Å². The van der Waals surface area contributed by atoms with E-state index >= 15 is 0 Å². The van der Waals surface area contributed by atoms with Gasteiger partial charge in [-0.25, -0.2) is 4.79 Å². The van der Waals surface area contributed by atoms with Gasteiger partial charge in [-0.3, -0.25) is 4.79 Å². The summed E-state index contributed by atoms with van der Waals surface area (Å²) in [6.45, 7) is 1.88. The van der Waals surface area contributed by atoms with Crippen molar-refractivity contribution in [3.63, 3.8) is 0 Å². The lowest BCUT2D eigenvalue weighted by atomic mass is 10.1. The number of primary amides is 1. The van der Waals surface area contributed by atoms with Gasteiger partial charge in [0.15, 0.2) is 0 Å². The zero-order chi connectivity index (χ0) is 17.9. The molecule has 2 aromatic carbocycles. The smallest absolute Gasteiger partial charge is 0.316 e. The molecule has 2 rings (SSSR count). The van der Waals surface area contributed by atoms with Crippen LogP contribution in [0.15, 0.2) is 42.5 Å². The van der Waals surface area contributed by atoms with Gasteiger partial charge in [0.1, 0.15) is 0 Å². The van der Waals surface area contributed by atoms with Crippen molar-refractivity contribution in [3.05, 3.63) is 63.6 Å². The van der Waals surface area contributed by atoms with Gasteiger partial charge in [-0.15, -0.1) is 0 Å². The fourth-order valence-corrected chi connectivity index (χ4v) is 2.83. The summed E-state index contributed by atoms with van der Waals surface area (Å²) < 4.78 is 0. The first-order valence-corrected chi connectivity index (χ1v) is 7.94. The number of hydrogen-bond acceptors (Lipinski definition) is 2. The number of nitrogens with two attached hydrogens (primary N) is 1. The van der Waals surface area contributed by atoms with Gasteiger partial charge in [-0.1, -0.05) is 29.3 Å². The first-order valence-electron chi connectivity index (χ1n) is 7.18. The van der Waals surface area contributed by atoms with Crippen molar-refractivity contribution in [1.29, 1.82) is 0 Å². The highest BCUT2D eigenvalue weighted by atomic mass is 35.5. The second-order valence-electron chi connectivity index (χ2n) is 5.32. The molecule has 0 spiro atoms. The van der Waals surface area contributed by atoms with Crippen molar-refractivity contribution in [2.75, 3.05) is 12.4 Å². The lowest BCUT2D eigenvalue weighted by molar-refractivity contribution is 0.0743. The molecule has 1 atom stereocenters. The van der Waals surface area contributed by atoms with Gasteiger partial charge in [0.2, 0.25) is 0 Å². The highest BCUT2D eigenvalue weighted by Gasteiger charge is 2.21. The van der Waals surface area contributed by atoms with Crippen LogP contribution in [0.25, 0.3) is 0 Å². The van der Waals surface area contributed by atoms with Gasteiger partial charge in [0, 0.05) is 28.3 Å². The number of carbonyl (C=O) groups is 2. The summed E-state index contributed by atoms with van der Waals surface area (Å²) >= 11 is 12.1. The SMILES string of the molecule is C[C@H](c1ccc(Cl)cc1Cl)N(C)C(=O)c1ccc(NC(N)=O)cc1. The Labute approximate surface area is 150 Å². The standard InChI is InChI=1S/C17H17Cl2N3O2/c1-10(14-8-5-12(18)9-15(14)19)22(2)16(23)11-3-6-13(7-4-11)21-17(20)24/h3-10H,1-2H3,(H3,20,21,24)/t10-/m1/s1. The molecular weight excluding hydrogens is 349 g/mol. The molecule has 24 heavy (non-hydrogen) atoms.